The first-order chi connectivity index (χ1) is 8.27. The molecule has 3 N–H and O–H groups in total. The van der Waals surface area contributed by atoms with Gasteiger partial charge in [-0.2, -0.15) is 0 Å². The number of nitrogens with one attached hydrogen (secondary N) is 1. The van der Waals surface area contributed by atoms with Gasteiger partial charge in [0.25, 0.3) is 5.91 Å². The van der Waals surface area contributed by atoms with Gasteiger partial charge in [0.15, 0.2) is 11.1 Å². The molecule has 3 rings (SSSR count). The molecule has 1 aromatic carbocycles. The van der Waals surface area contributed by atoms with E-state index in [4.69, 9.17) is 10.3 Å². The van der Waals surface area contributed by atoms with Gasteiger partial charge in [0.05, 0.1) is 11.4 Å². The van der Waals surface area contributed by atoms with E-state index in [0.717, 1.165) is 15.7 Å². The fraction of sp³-hybridized carbons (Fsp3) is 0. The van der Waals surface area contributed by atoms with E-state index in [2.05, 4.69) is 10.5 Å². The average Bonchev–Trinajstić information content (AvgIpc) is 2.73. The number of carbonyl (C=O) groups excluding carboxylic acids is 1. The summed E-state index contributed by atoms with van der Waals surface area (Å²) in [6.45, 7) is 0. The average molecular weight is 227 g/mol. The highest BCUT2D eigenvalue weighted by molar-refractivity contribution is 6.12. The number of nitrogens with zero attached hydrogens (tertiary/aromatic N) is 1. The van der Waals surface area contributed by atoms with Crippen LogP contribution in [0.3, 0.4) is 0 Å². The van der Waals surface area contributed by atoms with Crippen molar-refractivity contribution in [1.29, 1.82) is 0 Å². The Bertz CT molecular complexity index is 805. The smallest absolute Gasteiger partial charge is 0.269 e. The Labute approximate surface area is 95.5 Å². The summed E-state index contributed by atoms with van der Waals surface area (Å²) in [6.07, 6.45) is 3.31. The molecule has 1 aliphatic heterocycles. The fourth-order valence-electron chi connectivity index (χ4n) is 1.88. The quantitative estimate of drug-likeness (QED) is 0.647. The van der Waals surface area contributed by atoms with Crippen LogP contribution in [0.2, 0.25) is 0 Å². The highest BCUT2D eigenvalue weighted by Gasteiger charge is 2.11. The molecule has 0 unspecified atom stereocenters. The van der Waals surface area contributed by atoms with Gasteiger partial charge >= 0.3 is 0 Å². The van der Waals surface area contributed by atoms with Gasteiger partial charge in [-0.25, -0.2) is 0 Å². The summed E-state index contributed by atoms with van der Waals surface area (Å²) in [5.41, 5.74) is 5.89. The SMILES string of the molecule is NC(=O)C1=c2oncc2=c2ccccc2=CN1. The summed E-state index contributed by atoms with van der Waals surface area (Å²) in [6, 6.07) is 7.70. The zero-order valence-electron chi connectivity index (χ0n) is 8.81. The van der Waals surface area contributed by atoms with Crippen molar-refractivity contribution in [3.8, 4) is 0 Å². The number of hydrogen-bond acceptors (Lipinski definition) is 4. The topological polar surface area (TPSA) is 81.2 Å². The lowest BCUT2D eigenvalue weighted by Crippen LogP contribution is -2.28. The second-order valence-electron chi connectivity index (χ2n) is 3.68. The van der Waals surface area contributed by atoms with Crippen LogP contribution in [-0.4, -0.2) is 11.1 Å². The zero-order valence-corrected chi connectivity index (χ0v) is 8.81. The van der Waals surface area contributed by atoms with Crippen molar-refractivity contribution in [1.82, 2.24) is 10.5 Å². The third-order valence-corrected chi connectivity index (χ3v) is 2.67. The highest BCUT2D eigenvalue weighted by atomic mass is 16.5. The molecule has 0 aliphatic carbocycles. The van der Waals surface area contributed by atoms with E-state index in [1.54, 1.807) is 12.4 Å². The number of fused-ring (bicyclic) bond motifs is 2. The number of carbonyl (C=O) groups is 1. The van der Waals surface area contributed by atoms with Crippen LogP contribution in [0, 0.1) is 10.4 Å². The highest BCUT2D eigenvalue weighted by Crippen LogP contribution is 1.94. The van der Waals surface area contributed by atoms with Gasteiger partial charge in [-0.3, -0.25) is 4.79 Å². The van der Waals surface area contributed by atoms with E-state index in [1.165, 1.54) is 0 Å². The number of amides is 1. The molecule has 5 heteroatoms. The van der Waals surface area contributed by atoms with E-state index < -0.39 is 5.91 Å². The maximum absolute atomic E-state index is 11.3. The molecule has 1 aliphatic rings. The number of benzene rings is 1. The first kappa shape index (κ1) is 9.65. The number of rotatable bonds is 1. The summed E-state index contributed by atoms with van der Waals surface area (Å²) < 4.78 is 5.10. The van der Waals surface area contributed by atoms with Crippen LogP contribution in [0.4, 0.5) is 0 Å². The fourth-order valence-corrected chi connectivity index (χ4v) is 1.88. The second-order valence-corrected chi connectivity index (χ2v) is 3.68. The van der Waals surface area contributed by atoms with E-state index in [-0.39, 0.29) is 5.70 Å². The van der Waals surface area contributed by atoms with Gasteiger partial charge in [-0.15, -0.1) is 0 Å². The normalized spacial score (nSPS) is 12.8. The molecule has 0 atom stereocenters. The standard InChI is InChI=1S/C12H9N3O2/c13-12(16)10-11-9(6-15-17-11)8-4-2-1-3-7(8)5-14-10/h1-6,14H,(H2,13,16). The number of aromatic nitrogens is 1. The summed E-state index contributed by atoms with van der Waals surface area (Å²) in [5.74, 6) is -0.577. The molecular formula is C12H9N3O2. The monoisotopic (exact) mass is 227 g/mol. The first-order valence-electron chi connectivity index (χ1n) is 5.08. The van der Waals surface area contributed by atoms with Crippen LogP contribution in [-0.2, 0) is 4.79 Å². The summed E-state index contributed by atoms with van der Waals surface area (Å²) in [7, 11) is 0. The Kier molecular flexibility index (Phi) is 1.98. The van der Waals surface area contributed by atoms with Crippen molar-refractivity contribution in [3.05, 3.63) is 51.5 Å². The lowest BCUT2D eigenvalue weighted by molar-refractivity contribution is -0.113. The maximum atomic E-state index is 11.3. The van der Waals surface area contributed by atoms with Crippen LogP contribution < -0.4 is 21.7 Å². The van der Waals surface area contributed by atoms with Gasteiger partial charge in [0, 0.05) is 6.20 Å². The van der Waals surface area contributed by atoms with Gasteiger partial charge in [-0.1, -0.05) is 29.4 Å². The molecule has 0 radical (unpaired) electrons. The third-order valence-electron chi connectivity index (χ3n) is 2.67. The third kappa shape index (κ3) is 1.40. The van der Waals surface area contributed by atoms with E-state index in [9.17, 15) is 4.79 Å². The minimum atomic E-state index is -0.577. The molecule has 17 heavy (non-hydrogen) atoms. The number of hydrogen-bond donors (Lipinski definition) is 2. The predicted octanol–water partition coefficient (Wildman–Crippen LogP) is -1.10. The maximum Gasteiger partial charge on any atom is 0.269 e. The summed E-state index contributed by atoms with van der Waals surface area (Å²) in [4.78, 5) is 11.3. The van der Waals surface area contributed by atoms with E-state index >= 15 is 0 Å². The van der Waals surface area contributed by atoms with Crippen LogP contribution in [0.25, 0.3) is 11.9 Å². The number of primary amides is 1. The minimum Gasteiger partial charge on any atom is -0.364 e. The van der Waals surface area contributed by atoms with Gasteiger partial charge in [0.2, 0.25) is 0 Å². The zero-order chi connectivity index (χ0) is 11.8. The molecule has 1 amide bonds. The number of nitrogens with two attached hydrogens (primary N) is 1. The Morgan fingerprint density at radius 1 is 1.29 bits per heavy atom. The molecule has 1 aromatic heterocycles. The molecule has 0 bridgehead atoms. The van der Waals surface area contributed by atoms with Crippen LogP contribution >= 0.6 is 0 Å². The van der Waals surface area contributed by atoms with Crippen LogP contribution in [0.5, 0.6) is 0 Å². The molecule has 2 aromatic rings. The molecular weight excluding hydrogens is 218 g/mol. The van der Waals surface area contributed by atoms with Gasteiger partial charge < -0.3 is 15.6 Å². The van der Waals surface area contributed by atoms with Crippen molar-refractivity contribution in [2.24, 2.45) is 5.73 Å². The molecule has 0 saturated carbocycles. The van der Waals surface area contributed by atoms with Crippen molar-refractivity contribution < 1.29 is 9.32 Å². The summed E-state index contributed by atoms with van der Waals surface area (Å²) in [5, 5.41) is 9.25. The van der Waals surface area contributed by atoms with Crippen molar-refractivity contribution >= 4 is 17.8 Å². The van der Waals surface area contributed by atoms with Crippen LogP contribution in [0.1, 0.15) is 0 Å². The van der Waals surface area contributed by atoms with Crippen molar-refractivity contribution in [3.63, 3.8) is 0 Å². The Morgan fingerprint density at radius 2 is 2.12 bits per heavy atom. The van der Waals surface area contributed by atoms with Gasteiger partial charge in [-0.05, 0) is 10.4 Å². The molecule has 2 heterocycles. The predicted molar refractivity (Wildman–Crippen MR) is 60.1 cm³/mol. The minimum absolute atomic E-state index is 0.216. The van der Waals surface area contributed by atoms with Gasteiger partial charge in [0.1, 0.15) is 0 Å². The molecule has 0 spiro atoms. The van der Waals surface area contributed by atoms with Crippen molar-refractivity contribution in [2.75, 3.05) is 0 Å². The van der Waals surface area contributed by atoms with E-state index in [0.29, 0.717) is 5.42 Å². The first-order valence-corrected chi connectivity index (χ1v) is 5.08. The molecule has 84 valence electrons. The Hall–Kier alpha value is -2.56. The molecule has 0 fully saturated rings. The van der Waals surface area contributed by atoms with Crippen molar-refractivity contribution in [2.45, 2.75) is 0 Å². The lowest BCUT2D eigenvalue weighted by Gasteiger charge is -1.97. The Balaban J connectivity index is 2.66. The summed E-state index contributed by atoms with van der Waals surface area (Å²) >= 11 is 0. The molecule has 0 saturated heterocycles. The van der Waals surface area contributed by atoms with E-state index in [1.807, 2.05) is 24.3 Å². The lowest BCUT2D eigenvalue weighted by atomic mass is 10.2. The second kappa shape index (κ2) is 3.48. The largest absolute Gasteiger partial charge is 0.364 e. The molecule has 5 nitrogen and oxygen atoms in total. The van der Waals surface area contributed by atoms with Crippen LogP contribution in [0.15, 0.2) is 35.0 Å². The Morgan fingerprint density at radius 3 is 2.94 bits per heavy atom.